The van der Waals surface area contributed by atoms with E-state index >= 15 is 0 Å². The van der Waals surface area contributed by atoms with Gasteiger partial charge in [0.1, 0.15) is 4.21 Å². The van der Waals surface area contributed by atoms with Crippen LogP contribution in [0.3, 0.4) is 0 Å². The van der Waals surface area contributed by atoms with Crippen molar-refractivity contribution in [3.8, 4) is 0 Å². The summed E-state index contributed by atoms with van der Waals surface area (Å²) in [5, 5.41) is 2.99. The van der Waals surface area contributed by atoms with E-state index in [-0.39, 0.29) is 23.8 Å². The molecule has 1 N–H and O–H groups in total. The summed E-state index contributed by atoms with van der Waals surface area (Å²) in [7, 11) is -3.43. The van der Waals surface area contributed by atoms with E-state index in [9.17, 15) is 13.2 Å². The van der Waals surface area contributed by atoms with Crippen LogP contribution in [0.15, 0.2) is 20.1 Å². The van der Waals surface area contributed by atoms with Crippen molar-refractivity contribution >= 4 is 43.2 Å². The van der Waals surface area contributed by atoms with Gasteiger partial charge in [0.2, 0.25) is 5.91 Å². The third kappa shape index (κ3) is 4.67. The molecule has 2 aliphatic rings. The van der Waals surface area contributed by atoms with Crippen LogP contribution < -0.4 is 5.32 Å². The van der Waals surface area contributed by atoms with Crippen molar-refractivity contribution in [1.29, 1.82) is 0 Å². The summed E-state index contributed by atoms with van der Waals surface area (Å²) < 4.78 is 33.6. The highest BCUT2D eigenvalue weighted by molar-refractivity contribution is 9.11. The molecule has 0 unspecified atom stereocenters. The topological polar surface area (TPSA) is 75.7 Å². The molecular formula is C17H25BrN2O4S2. The van der Waals surface area contributed by atoms with Crippen LogP contribution in [0.5, 0.6) is 0 Å². The van der Waals surface area contributed by atoms with Gasteiger partial charge in [0, 0.05) is 32.2 Å². The Hall–Kier alpha value is -0.480. The molecule has 0 saturated carbocycles. The molecule has 2 atom stereocenters. The van der Waals surface area contributed by atoms with E-state index in [4.69, 9.17) is 4.74 Å². The summed E-state index contributed by atoms with van der Waals surface area (Å²) in [5.41, 5.74) is 0. The lowest BCUT2D eigenvalue weighted by atomic mass is 9.85. The van der Waals surface area contributed by atoms with Gasteiger partial charge in [-0.1, -0.05) is 6.92 Å². The number of nitrogens with zero attached hydrogens (tertiary/aromatic N) is 1. The summed E-state index contributed by atoms with van der Waals surface area (Å²) in [6.45, 7) is 4.22. The molecule has 0 spiro atoms. The minimum atomic E-state index is -3.43. The van der Waals surface area contributed by atoms with Gasteiger partial charge >= 0.3 is 0 Å². The third-order valence-corrected chi connectivity index (χ3v) is 9.28. The second kappa shape index (κ2) is 8.68. The molecule has 0 radical (unpaired) electrons. The maximum absolute atomic E-state index is 12.7. The van der Waals surface area contributed by atoms with E-state index < -0.39 is 10.0 Å². The SMILES string of the molecule is C[C@@H](C(=O)NC[C@@H]1CCCO1)C1CCN(S(=O)(=O)c2ccc(Br)s2)CC1. The normalized spacial score (nSPS) is 23.8. The van der Waals surface area contributed by atoms with E-state index in [0.717, 1.165) is 23.2 Å². The number of carbonyl (C=O) groups is 1. The summed E-state index contributed by atoms with van der Waals surface area (Å²) in [5.74, 6) is 0.141. The fraction of sp³-hybridized carbons (Fsp3) is 0.706. The molecule has 1 amide bonds. The summed E-state index contributed by atoms with van der Waals surface area (Å²) >= 11 is 4.54. The first kappa shape index (κ1) is 20.3. The second-order valence-corrected chi connectivity index (χ2v) is 11.6. The predicted octanol–water partition coefficient (Wildman–Crippen LogP) is 2.84. The van der Waals surface area contributed by atoms with Crippen LogP contribution in [-0.2, 0) is 19.6 Å². The zero-order chi connectivity index (χ0) is 18.7. The number of rotatable bonds is 6. The average Bonchev–Trinajstić information content (AvgIpc) is 3.31. The highest BCUT2D eigenvalue weighted by Crippen LogP contribution is 2.32. The van der Waals surface area contributed by atoms with Gasteiger partial charge in [-0.3, -0.25) is 4.79 Å². The number of ether oxygens (including phenoxy) is 1. The van der Waals surface area contributed by atoms with E-state index in [0.29, 0.717) is 36.7 Å². The van der Waals surface area contributed by atoms with Crippen LogP contribution in [0.1, 0.15) is 32.6 Å². The molecular weight excluding hydrogens is 440 g/mol. The number of carbonyl (C=O) groups excluding carboxylic acids is 1. The number of sulfonamides is 1. The van der Waals surface area contributed by atoms with Crippen molar-refractivity contribution in [2.75, 3.05) is 26.2 Å². The van der Waals surface area contributed by atoms with Gasteiger partial charge in [0.25, 0.3) is 10.0 Å². The van der Waals surface area contributed by atoms with Crippen molar-refractivity contribution in [3.05, 3.63) is 15.9 Å². The molecule has 0 aromatic carbocycles. The molecule has 9 heteroatoms. The Kier molecular flexibility index (Phi) is 6.77. The molecule has 1 aromatic heterocycles. The number of thiophene rings is 1. The number of halogens is 1. The van der Waals surface area contributed by atoms with Crippen LogP contribution in [0, 0.1) is 11.8 Å². The standard InChI is InChI=1S/C17H25BrN2O4S2/c1-12(17(21)19-11-14-3-2-10-24-14)13-6-8-20(9-7-13)26(22,23)16-5-4-15(18)25-16/h4-5,12-14H,2-3,6-11H2,1H3,(H,19,21)/t12-,14+/m1/s1. The van der Waals surface area contributed by atoms with E-state index in [1.54, 1.807) is 16.4 Å². The van der Waals surface area contributed by atoms with E-state index in [1.807, 2.05) is 6.92 Å². The van der Waals surface area contributed by atoms with Gasteiger partial charge in [-0.25, -0.2) is 8.42 Å². The molecule has 26 heavy (non-hydrogen) atoms. The van der Waals surface area contributed by atoms with Crippen LogP contribution in [-0.4, -0.2) is 51.0 Å². The minimum Gasteiger partial charge on any atom is -0.376 e. The smallest absolute Gasteiger partial charge is 0.252 e. The average molecular weight is 465 g/mol. The molecule has 0 aliphatic carbocycles. The zero-order valence-electron chi connectivity index (χ0n) is 14.8. The first-order valence-corrected chi connectivity index (χ1v) is 12.1. The largest absolute Gasteiger partial charge is 0.376 e. The Labute approximate surface area is 167 Å². The molecule has 3 rings (SSSR count). The number of piperidine rings is 1. The van der Waals surface area contributed by atoms with Crippen molar-refractivity contribution in [2.24, 2.45) is 11.8 Å². The Balaban J connectivity index is 1.50. The Morgan fingerprint density at radius 1 is 1.38 bits per heavy atom. The first-order chi connectivity index (χ1) is 12.4. The molecule has 3 heterocycles. The van der Waals surface area contributed by atoms with Crippen LogP contribution >= 0.6 is 27.3 Å². The lowest BCUT2D eigenvalue weighted by molar-refractivity contribution is -0.127. The first-order valence-electron chi connectivity index (χ1n) is 9.02. The molecule has 6 nitrogen and oxygen atoms in total. The van der Waals surface area contributed by atoms with E-state index in [1.165, 1.54) is 11.3 Å². The summed E-state index contributed by atoms with van der Waals surface area (Å²) in [4.78, 5) is 12.4. The Morgan fingerprint density at radius 2 is 2.12 bits per heavy atom. The van der Waals surface area contributed by atoms with E-state index in [2.05, 4.69) is 21.2 Å². The quantitative estimate of drug-likeness (QED) is 0.701. The minimum absolute atomic E-state index is 0.0454. The highest BCUT2D eigenvalue weighted by atomic mass is 79.9. The van der Waals surface area contributed by atoms with Crippen molar-refractivity contribution < 1.29 is 17.9 Å². The van der Waals surface area contributed by atoms with Crippen molar-refractivity contribution in [1.82, 2.24) is 9.62 Å². The lowest BCUT2D eigenvalue weighted by Crippen LogP contribution is -2.43. The predicted molar refractivity (Wildman–Crippen MR) is 105 cm³/mol. The van der Waals surface area contributed by atoms with Gasteiger partial charge in [0.05, 0.1) is 9.89 Å². The molecule has 2 aliphatic heterocycles. The zero-order valence-corrected chi connectivity index (χ0v) is 18.0. The van der Waals surface area contributed by atoms with Crippen molar-refractivity contribution in [3.63, 3.8) is 0 Å². The fourth-order valence-electron chi connectivity index (χ4n) is 3.57. The maximum Gasteiger partial charge on any atom is 0.252 e. The molecule has 1 aromatic rings. The maximum atomic E-state index is 12.7. The Bertz CT molecular complexity index is 723. The highest BCUT2D eigenvalue weighted by Gasteiger charge is 2.34. The van der Waals surface area contributed by atoms with Gasteiger partial charge < -0.3 is 10.1 Å². The molecule has 2 saturated heterocycles. The van der Waals surface area contributed by atoms with Crippen molar-refractivity contribution in [2.45, 2.75) is 42.9 Å². The molecule has 2 fully saturated rings. The number of amides is 1. The Morgan fingerprint density at radius 3 is 2.69 bits per heavy atom. The van der Waals surface area contributed by atoms with Gasteiger partial charge in [-0.05, 0) is 59.7 Å². The van der Waals surface area contributed by atoms with Gasteiger partial charge in [0.15, 0.2) is 0 Å². The van der Waals surface area contributed by atoms with Gasteiger partial charge in [-0.15, -0.1) is 11.3 Å². The third-order valence-electron chi connectivity index (χ3n) is 5.29. The summed E-state index contributed by atoms with van der Waals surface area (Å²) in [6, 6.07) is 3.39. The monoisotopic (exact) mass is 464 g/mol. The number of hydrogen-bond acceptors (Lipinski definition) is 5. The number of hydrogen-bond donors (Lipinski definition) is 1. The molecule has 0 bridgehead atoms. The fourth-order valence-corrected chi connectivity index (χ4v) is 7.21. The lowest BCUT2D eigenvalue weighted by Gasteiger charge is -2.33. The van der Waals surface area contributed by atoms with Crippen LogP contribution in [0.4, 0.5) is 0 Å². The summed E-state index contributed by atoms with van der Waals surface area (Å²) in [6.07, 6.45) is 3.62. The van der Waals surface area contributed by atoms with Crippen LogP contribution in [0.2, 0.25) is 0 Å². The molecule has 146 valence electrons. The number of nitrogens with one attached hydrogen (secondary N) is 1. The van der Waals surface area contributed by atoms with Gasteiger partial charge in [-0.2, -0.15) is 4.31 Å². The van der Waals surface area contributed by atoms with Crippen LogP contribution in [0.25, 0.3) is 0 Å². The second-order valence-electron chi connectivity index (χ2n) is 6.97.